The third-order valence-electron chi connectivity index (χ3n) is 3.91. The van der Waals surface area contributed by atoms with E-state index in [2.05, 4.69) is 21.7 Å². The van der Waals surface area contributed by atoms with Crippen molar-refractivity contribution >= 4 is 39.1 Å². The normalized spacial score (nSPS) is 10.7. The van der Waals surface area contributed by atoms with Crippen LogP contribution in [0.3, 0.4) is 0 Å². The van der Waals surface area contributed by atoms with Crippen LogP contribution in [-0.4, -0.2) is 23.3 Å². The maximum absolute atomic E-state index is 12.0. The fourth-order valence-corrected chi connectivity index (χ4v) is 3.56. The average molecular weight is 367 g/mol. The van der Waals surface area contributed by atoms with Crippen molar-refractivity contribution in [3.05, 3.63) is 48.5 Å². The lowest BCUT2D eigenvalue weighted by atomic mass is 10.2. The molecule has 26 heavy (non-hydrogen) atoms. The fraction of sp³-hybridized carbons (Fsp3) is 0.250. The summed E-state index contributed by atoms with van der Waals surface area (Å²) in [6.45, 7) is 2.10. The molecule has 5 nitrogen and oxygen atoms in total. The first-order chi connectivity index (χ1) is 12.6. The maximum Gasteiger partial charge on any atom is 0.224 e. The topological polar surface area (TPSA) is 71.1 Å². The van der Waals surface area contributed by atoms with Crippen molar-refractivity contribution in [3.63, 3.8) is 0 Å². The second-order valence-electron chi connectivity index (χ2n) is 6.05. The number of carbonyl (C=O) groups excluding carboxylic acids is 2. The number of para-hydroxylation sites is 1. The van der Waals surface area contributed by atoms with Gasteiger partial charge in [-0.1, -0.05) is 12.1 Å². The van der Waals surface area contributed by atoms with Crippen LogP contribution in [0.15, 0.2) is 48.5 Å². The summed E-state index contributed by atoms with van der Waals surface area (Å²) in [4.78, 5) is 27.4. The van der Waals surface area contributed by atoms with Crippen molar-refractivity contribution in [3.8, 4) is 10.6 Å². The molecule has 2 aromatic carbocycles. The highest BCUT2D eigenvalue weighted by atomic mass is 32.1. The van der Waals surface area contributed by atoms with Crippen molar-refractivity contribution < 1.29 is 9.59 Å². The summed E-state index contributed by atoms with van der Waals surface area (Å²) in [5.41, 5.74) is 2.82. The minimum Gasteiger partial charge on any atom is -0.356 e. The fourth-order valence-electron chi connectivity index (χ4n) is 2.59. The quantitative estimate of drug-likeness (QED) is 0.615. The number of anilines is 1. The molecule has 3 aromatic rings. The van der Waals surface area contributed by atoms with Crippen LogP contribution in [0.2, 0.25) is 0 Å². The third-order valence-corrected chi connectivity index (χ3v) is 5.00. The van der Waals surface area contributed by atoms with Crippen LogP contribution in [0.4, 0.5) is 5.69 Å². The SMILES string of the molecule is CC(=O)NCCCCC(=O)Nc1ccc(-c2nc3ccccc3s2)cc1. The van der Waals surface area contributed by atoms with Crippen molar-refractivity contribution in [1.29, 1.82) is 0 Å². The number of thiazole rings is 1. The van der Waals surface area contributed by atoms with E-state index in [1.807, 2.05) is 42.5 Å². The highest BCUT2D eigenvalue weighted by molar-refractivity contribution is 7.21. The van der Waals surface area contributed by atoms with Crippen molar-refractivity contribution in [2.45, 2.75) is 26.2 Å². The number of unbranched alkanes of at least 4 members (excludes halogenated alkanes) is 1. The maximum atomic E-state index is 12.0. The highest BCUT2D eigenvalue weighted by Crippen LogP contribution is 2.30. The lowest BCUT2D eigenvalue weighted by molar-refractivity contribution is -0.119. The Hall–Kier alpha value is -2.73. The number of fused-ring (bicyclic) bond motifs is 1. The first-order valence-corrected chi connectivity index (χ1v) is 9.44. The Morgan fingerprint density at radius 3 is 2.54 bits per heavy atom. The second kappa shape index (κ2) is 8.58. The Morgan fingerprint density at radius 2 is 1.81 bits per heavy atom. The molecule has 0 bridgehead atoms. The Morgan fingerprint density at radius 1 is 1.04 bits per heavy atom. The number of nitrogens with one attached hydrogen (secondary N) is 2. The number of aromatic nitrogens is 1. The minimum absolute atomic E-state index is 0.0134. The van der Waals surface area contributed by atoms with Crippen molar-refractivity contribution in [1.82, 2.24) is 10.3 Å². The molecule has 0 saturated carbocycles. The average Bonchev–Trinajstić information content (AvgIpc) is 3.06. The Labute approximate surface area is 156 Å². The van der Waals surface area contributed by atoms with Gasteiger partial charge in [0.05, 0.1) is 10.2 Å². The zero-order valence-electron chi connectivity index (χ0n) is 14.6. The standard InChI is InChI=1S/C20H21N3O2S/c1-14(24)21-13-5-4-8-19(25)22-16-11-9-15(10-12-16)20-23-17-6-2-3-7-18(17)26-20/h2-3,6-7,9-12H,4-5,8,13H2,1H3,(H,21,24)(H,22,25). The van der Waals surface area contributed by atoms with E-state index in [-0.39, 0.29) is 11.8 Å². The van der Waals surface area contributed by atoms with Gasteiger partial charge >= 0.3 is 0 Å². The molecule has 0 spiro atoms. The van der Waals surface area contributed by atoms with E-state index in [4.69, 9.17) is 0 Å². The Kier molecular flexibility index (Phi) is 5.96. The van der Waals surface area contributed by atoms with Gasteiger partial charge in [0, 0.05) is 31.1 Å². The van der Waals surface area contributed by atoms with Crippen LogP contribution < -0.4 is 10.6 Å². The number of carbonyl (C=O) groups is 2. The van der Waals surface area contributed by atoms with Crippen LogP contribution in [0.1, 0.15) is 26.2 Å². The summed E-state index contributed by atoms with van der Waals surface area (Å²) in [5.74, 6) is -0.0526. The van der Waals surface area contributed by atoms with E-state index < -0.39 is 0 Å². The van der Waals surface area contributed by atoms with Gasteiger partial charge in [0.15, 0.2) is 0 Å². The molecule has 0 saturated heterocycles. The molecule has 3 rings (SSSR count). The van der Waals surface area contributed by atoms with E-state index in [9.17, 15) is 9.59 Å². The van der Waals surface area contributed by atoms with Crippen LogP contribution in [-0.2, 0) is 9.59 Å². The second-order valence-corrected chi connectivity index (χ2v) is 7.08. The van der Waals surface area contributed by atoms with Gasteiger partial charge in [0.1, 0.15) is 5.01 Å². The highest BCUT2D eigenvalue weighted by Gasteiger charge is 2.07. The summed E-state index contributed by atoms with van der Waals surface area (Å²) in [5, 5.41) is 6.60. The molecule has 2 amide bonds. The summed E-state index contributed by atoms with van der Waals surface area (Å²) in [7, 11) is 0. The third kappa shape index (κ3) is 4.89. The number of hydrogen-bond acceptors (Lipinski definition) is 4. The summed E-state index contributed by atoms with van der Waals surface area (Å²) in [6.07, 6.45) is 1.98. The molecule has 0 atom stereocenters. The van der Waals surface area contributed by atoms with Gasteiger partial charge in [0.25, 0.3) is 0 Å². The molecule has 0 aliphatic rings. The monoisotopic (exact) mass is 367 g/mol. The van der Waals surface area contributed by atoms with Gasteiger partial charge in [-0.3, -0.25) is 9.59 Å². The van der Waals surface area contributed by atoms with Crippen molar-refractivity contribution in [2.75, 3.05) is 11.9 Å². The largest absolute Gasteiger partial charge is 0.356 e. The van der Waals surface area contributed by atoms with Crippen LogP contribution in [0.5, 0.6) is 0 Å². The van der Waals surface area contributed by atoms with Gasteiger partial charge in [-0.2, -0.15) is 0 Å². The van der Waals surface area contributed by atoms with Gasteiger partial charge in [0.2, 0.25) is 11.8 Å². The zero-order valence-corrected chi connectivity index (χ0v) is 15.4. The molecule has 6 heteroatoms. The molecule has 1 aromatic heterocycles. The lowest BCUT2D eigenvalue weighted by Gasteiger charge is -2.06. The summed E-state index contributed by atoms with van der Waals surface area (Å²) < 4.78 is 1.17. The first-order valence-electron chi connectivity index (χ1n) is 8.62. The molecular formula is C20H21N3O2S. The minimum atomic E-state index is -0.0392. The summed E-state index contributed by atoms with van der Waals surface area (Å²) >= 11 is 1.66. The summed E-state index contributed by atoms with van der Waals surface area (Å²) in [6, 6.07) is 15.8. The van der Waals surface area contributed by atoms with Gasteiger partial charge in [-0.25, -0.2) is 4.98 Å². The van der Waals surface area contributed by atoms with E-state index in [1.165, 1.54) is 11.6 Å². The number of rotatable bonds is 7. The molecule has 1 heterocycles. The molecular weight excluding hydrogens is 346 g/mol. The van der Waals surface area contributed by atoms with E-state index in [0.717, 1.165) is 34.6 Å². The van der Waals surface area contributed by atoms with E-state index >= 15 is 0 Å². The first kappa shape index (κ1) is 18.1. The number of hydrogen-bond donors (Lipinski definition) is 2. The number of nitrogens with zero attached hydrogens (tertiary/aromatic N) is 1. The molecule has 0 fully saturated rings. The van der Waals surface area contributed by atoms with Crippen LogP contribution in [0.25, 0.3) is 20.8 Å². The molecule has 0 radical (unpaired) electrons. The van der Waals surface area contributed by atoms with E-state index in [1.54, 1.807) is 11.3 Å². The van der Waals surface area contributed by atoms with Gasteiger partial charge in [-0.15, -0.1) is 11.3 Å². The smallest absolute Gasteiger partial charge is 0.224 e. The molecule has 0 unspecified atom stereocenters. The van der Waals surface area contributed by atoms with Crippen LogP contribution >= 0.6 is 11.3 Å². The van der Waals surface area contributed by atoms with Crippen LogP contribution in [0, 0.1) is 0 Å². The van der Waals surface area contributed by atoms with Gasteiger partial charge < -0.3 is 10.6 Å². The molecule has 134 valence electrons. The predicted octanol–water partition coefficient (Wildman–Crippen LogP) is 4.21. The van der Waals surface area contributed by atoms with Crippen molar-refractivity contribution in [2.24, 2.45) is 0 Å². The number of amides is 2. The molecule has 0 aliphatic heterocycles. The Balaban J connectivity index is 1.52. The number of benzene rings is 2. The predicted molar refractivity (Wildman–Crippen MR) is 106 cm³/mol. The van der Waals surface area contributed by atoms with Gasteiger partial charge in [-0.05, 0) is 49.2 Å². The molecule has 2 N–H and O–H groups in total. The lowest BCUT2D eigenvalue weighted by Crippen LogP contribution is -2.21. The zero-order chi connectivity index (χ0) is 18.4. The van der Waals surface area contributed by atoms with E-state index in [0.29, 0.717) is 13.0 Å². The Bertz CT molecular complexity index is 870. The molecule has 0 aliphatic carbocycles.